The molecule has 5 nitrogen and oxygen atoms in total. The smallest absolute Gasteiger partial charge is 0.322 e. The van der Waals surface area contributed by atoms with Gasteiger partial charge in [-0.3, -0.25) is 0 Å². The first kappa shape index (κ1) is 14.0. The maximum atomic E-state index is 5.80. The van der Waals surface area contributed by atoms with E-state index >= 15 is 0 Å². The minimum atomic E-state index is 0.0101. The van der Waals surface area contributed by atoms with Gasteiger partial charge in [-0.25, -0.2) is 0 Å². The summed E-state index contributed by atoms with van der Waals surface area (Å²) in [4.78, 5) is 12.0. The van der Waals surface area contributed by atoms with Crippen LogP contribution in [0.1, 0.15) is 34.1 Å². The molecule has 0 saturated heterocycles. The highest BCUT2D eigenvalue weighted by atomic mass is 35.5. The van der Waals surface area contributed by atoms with Crippen molar-refractivity contribution in [3.63, 3.8) is 0 Å². The minimum Gasteiger partial charge on any atom is -0.461 e. The maximum absolute atomic E-state index is 5.80. The number of hydrogen-bond acceptors (Lipinski definition) is 5. The Morgan fingerprint density at radius 1 is 1.24 bits per heavy atom. The van der Waals surface area contributed by atoms with E-state index in [-0.39, 0.29) is 17.4 Å². The van der Waals surface area contributed by atoms with Gasteiger partial charge in [-0.05, 0) is 31.4 Å². The fourth-order valence-corrected chi connectivity index (χ4v) is 1.24. The van der Waals surface area contributed by atoms with Gasteiger partial charge >= 0.3 is 6.01 Å². The minimum absolute atomic E-state index is 0.0101. The average Bonchev–Trinajstić information content (AvgIpc) is 2.24. The summed E-state index contributed by atoms with van der Waals surface area (Å²) in [5, 5.41) is 3.26. The molecule has 0 aromatic carbocycles. The molecular weight excluding hydrogens is 240 g/mol. The van der Waals surface area contributed by atoms with E-state index in [4.69, 9.17) is 16.3 Å². The predicted octanol–water partition coefficient (Wildman–Crippen LogP) is 2.77. The van der Waals surface area contributed by atoms with Gasteiger partial charge in [0.15, 0.2) is 0 Å². The zero-order chi connectivity index (χ0) is 12.8. The highest BCUT2D eigenvalue weighted by Gasteiger charge is 2.08. The largest absolute Gasteiger partial charge is 0.461 e. The third-order valence-electron chi connectivity index (χ3n) is 2.23. The van der Waals surface area contributed by atoms with Crippen molar-refractivity contribution < 1.29 is 4.74 Å². The number of halogens is 1. The van der Waals surface area contributed by atoms with Crippen LogP contribution in [0.2, 0.25) is 5.28 Å². The van der Waals surface area contributed by atoms with Crippen LogP contribution in [0, 0.1) is 5.92 Å². The van der Waals surface area contributed by atoms with Crippen LogP contribution in [0.25, 0.3) is 0 Å². The van der Waals surface area contributed by atoms with Gasteiger partial charge < -0.3 is 10.1 Å². The summed E-state index contributed by atoms with van der Waals surface area (Å²) in [5.41, 5.74) is 0. The third kappa shape index (κ3) is 5.17. The van der Waals surface area contributed by atoms with E-state index in [0.29, 0.717) is 11.9 Å². The summed E-state index contributed by atoms with van der Waals surface area (Å²) in [6.07, 6.45) is 1.11. The molecule has 1 heterocycles. The Morgan fingerprint density at radius 3 is 2.53 bits per heavy atom. The Kier molecular flexibility index (Phi) is 5.41. The Hall–Kier alpha value is -1.10. The van der Waals surface area contributed by atoms with Crippen molar-refractivity contribution in [1.29, 1.82) is 0 Å². The number of nitrogens with one attached hydrogen (secondary N) is 1. The van der Waals surface area contributed by atoms with Gasteiger partial charge in [0.1, 0.15) is 0 Å². The average molecular weight is 259 g/mol. The van der Waals surface area contributed by atoms with Crippen molar-refractivity contribution >= 4 is 17.5 Å². The lowest BCUT2D eigenvalue weighted by Crippen LogP contribution is -2.15. The molecular formula is C11H19ClN4O. The number of anilines is 1. The SMILES string of the molecule is CCC(C)CNc1nc(Cl)nc(OC(C)C)n1. The van der Waals surface area contributed by atoms with Crippen LogP contribution < -0.4 is 10.1 Å². The van der Waals surface area contributed by atoms with E-state index in [9.17, 15) is 0 Å². The van der Waals surface area contributed by atoms with Crippen molar-refractivity contribution in [2.24, 2.45) is 5.92 Å². The normalized spacial score (nSPS) is 12.6. The molecule has 0 spiro atoms. The molecule has 0 radical (unpaired) electrons. The lowest BCUT2D eigenvalue weighted by Gasteiger charge is -2.11. The second-order valence-corrected chi connectivity index (χ2v) is 4.61. The van der Waals surface area contributed by atoms with Crippen LogP contribution in [0.3, 0.4) is 0 Å². The molecule has 1 atom stereocenters. The van der Waals surface area contributed by atoms with Crippen molar-refractivity contribution in [2.75, 3.05) is 11.9 Å². The van der Waals surface area contributed by atoms with Crippen LogP contribution in [-0.4, -0.2) is 27.6 Å². The molecule has 17 heavy (non-hydrogen) atoms. The summed E-state index contributed by atoms with van der Waals surface area (Å²) in [7, 11) is 0. The number of nitrogens with zero attached hydrogens (tertiary/aromatic N) is 3. The summed E-state index contributed by atoms with van der Waals surface area (Å²) < 4.78 is 5.38. The van der Waals surface area contributed by atoms with Crippen molar-refractivity contribution in [3.05, 3.63) is 5.28 Å². The summed E-state index contributed by atoms with van der Waals surface area (Å²) in [5.74, 6) is 1.01. The zero-order valence-electron chi connectivity index (χ0n) is 10.7. The standard InChI is InChI=1S/C11H19ClN4O/c1-5-8(4)6-13-10-14-9(12)15-11(16-10)17-7(2)3/h7-8H,5-6H2,1-4H3,(H,13,14,15,16). The molecule has 0 aliphatic rings. The fraction of sp³-hybridized carbons (Fsp3) is 0.727. The van der Waals surface area contributed by atoms with E-state index in [0.717, 1.165) is 13.0 Å². The van der Waals surface area contributed by atoms with Crippen molar-refractivity contribution in [2.45, 2.75) is 40.2 Å². The van der Waals surface area contributed by atoms with E-state index < -0.39 is 0 Å². The van der Waals surface area contributed by atoms with Gasteiger partial charge in [0, 0.05) is 6.54 Å². The van der Waals surface area contributed by atoms with Crippen LogP contribution >= 0.6 is 11.6 Å². The Balaban J connectivity index is 2.68. The summed E-state index contributed by atoms with van der Waals surface area (Å²) in [6, 6.07) is 0.256. The molecule has 1 aromatic heterocycles. The first-order chi connectivity index (χ1) is 8.01. The predicted molar refractivity (Wildman–Crippen MR) is 68.5 cm³/mol. The monoisotopic (exact) mass is 258 g/mol. The number of rotatable bonds is 6. The second kappa shape index (κ2) is 6.59. The quantitative estimate of drug-likeness (QED) is 0.850. The van der Waals surface area contributed by atoms with Gasteiger partial charge in [0.25, 0.3) is 0 Å². The van der Waals surface area contributed by atoms with Crippen LogP contribution in [-0.2, 0) is 0 Å². The first-order valence-corrected chi connectivity index (χ1v) is 6.21. The molecule has 0 aliphatic carbocycles. The topological polar surface area (TPSA) is 59.9 Å². The van der Waals surface area contributed by atoms with Crippen molar-refractivity contribution in [1.82, 2.24) is 15.0 Å². The van der Waals surface area contributed by atoms with Gasteiger partial charge in [-0.2, -0.15) is 15.0 Å². The molecule has 1 N–H and O–H groups in total. The van der Waals surface area contributed by atoms with E-state index in [1.807, 2.05) is 13.8 Å². The van der Waals surface area contributed by atoms with Gasteiger partial charge in [-0.15, -0.1) is 0 Å². The molecule has 96 valence electrons. The molecule has 0 bridgehead atoms. The lowest BCUT2D eigenvalue weighted by atomic mass is 10.1. The fourth-order valence-electron chi connectivity index (χ4n) is 1.08. The molecule has 0 amide bonds. The zero-order valence-corrected chi connectivity index (χ0v) is 11.5. The van der Waals surface area contributed by atoms with E-state index in [1.54, 1.807) is 0 Å². The molecule has 0 saturated carbocycles. The summed E-state index contributed by atoms with van der Waals surface area (Å²) in [6.45, 7) is 8.91. The molecule has 6 heteroatoms. The van der Waals surface area contributed by atoms with Gasteiger partial charge in [0.05, 0.1) is 6.10 Å². The molecule has 0 fully saturated rings. The van der Waals surface area contributed by atoms with Gasteiger partial charge in [-0.1, -0.05) is 20.3 Å². The van der Waals surface area contributed by atoms with Crippen LogP contribution in [0.4, 0.5) is 5.95 Å². The third-order valence-corrected chi connectivity index (χ3v) is 2.40. The van der Waals surface area contributed by atoms with Crippen LogP contribution in [0.15, 0.2) is 0 Å². The highest BCUT2D eigenvalue weighted by Crippen LogP contribution is 2.13. The molecule has 0 aliphatic heterocycles. The number of ether oxygens (including phenoxy) is 1. The molecule has 1 rings (SSSR count). The second-order valence-electron chi connectivity index (χ2n) is 4.27. The van der Waals surface area contributed by atoms with E-state index in [2.05, 4.69) is 34.1 Å². The first-order valence-electron chi connectivity index (χ1n) is 5.83. The Bertz CT molecular complexity index is 359. The highest BCUT2D eigenvalue weighted by molar-refractivity contribution is 6.28. The maximum Gasteiger partial charge on any atom is 0.322 e. The lowest BCUT2D eigenvalue weighted by molar-refractivity contribution is 0.222. The Morgan fingerprint density at radius 2 is 1.94 bits per heavy atom. The summed E-state index contributed by atoms with van der Waals surface area (Å²) >= 11 is 5.80. The Labute approximate surface area is 107 Å². The molecule has 1 unspecified atom stereocenters. The number of aromatic nitrogens is 3. The van der Waals surface area contributed by atoms with Crippen molar-refractivity contribution in [3.8, 4) is 6.01 Å². The number of hydrogen-bond donors (Lipinski definition) is 1. The van der Waals surface area contributed by atoms with E-state index in [1.165, 1.54) is 0 Å². The molecule has 1 aromatic rings. The van der Waals surface area contributed by atoms with Gasteiger partial charge in [0.2, 0.25) is 11.2 Å². The van der Waals surface area contributed by atoms with Crippen LogP contribution in [0.5, 0.6) is 6.01 Å².